The lowest BCUT2D eigenvalue weighted by atomic mass is 10.1. The molecule has 0 spiro atoms. The first-order valence-electron chi connectivity index (χ1n) is 5.36. The van der Waals surface area contributed by atoms with Gasteiger partial charge >= 0.3 is 0 Å². The van der Waals surface area contributed by atoms with Crippen LogP contribution in [0, 0.1) is 0 Å². The zero-order valence-electron chi connectivity index (χ0n) is 10.1. The second kappa shape index (κ2) is 5.30. The van der Waals surface area contributed by atoms with Crippen LogP contribution >= 0.6 is 11.8 Å². The molecule has 0 saturated carbocycles. The Labute approximate surface area is 109 Å². The molecule has 0 radical (unpaired) electrons. The number of amides is 2. The first kappa shape index (κ1) is 12.8. The monoisotopic (exact) mass is 267 g/mol. The van der Waals surface area contributed by atoms with E-state index in [9.17, 15) is 9.59 Å². The van der Waals surface area contributed by atoms with Crippen molar-refractivity contribution in [3.8, 4) is 11.5 Å². The fraction of sp³-hybridized carbons (Fsp3) is 0.333. The molecule has 1 aromatic carbocycles. The smallest absolute Gasteiger partial charge is 0.286 e. The summed E-state index contributed by atoms with van der Waals surface area (Å²) in [6.45, 7) is 0. The quantitative estimate of drug-likeness (QED) is 0.897. The van der Waals surface area contributed by atoms with Crippen LogP contribution in [0.5, 0.6) is 11.5 Å². The predicted octanol–water partition coefficient (Wildman–Crippen LogP) is 1.60. The summed E-state index contributed by atoms with van der Waals surface area (Å²) in [7, 11) is 3.14. The van der Waals surface area contributed by atoms with E-state index in [1.54, 1.807) is 20.3 Å². The lowest BCUT2D eigenvalue weighted by Crippen LogP contribution is -2.25. The topological polar surface area (TPSA) is 64.6 Å². The van der Waals surface area contributed by atoms with Gasteiger partial charge < -0.3 is 9.47 Å². The fourth-order valence-electron chi connectivity index (χ4n) is 1.73. The van der Waals surface area contributed by atoms with E-state index in [0.29, 0.717) is 17.9 Å². The van der Waals surface area contributed by atoms with E-state index in [1.165, 1.54) is 0 Å². The number of nitrogens with one attached hydrogen (secondary N) is 1. The molecule has 6 heteroatoms. The van der Waals surface area contributed by atoms with Crippen LogP contribution in [0.15, 0.2) is 18.2 Å². The van der Waals surface area contributed by atoms with Gasteiger partial charge in [0.05, 0.1) is 19.5 Å². The van der Waals surface area contributed by atoms with Crippen molar-refractivity contribution in [1.82, 2.24) is 5.32 Å². The molecule has 0 aromatic heterocycles. The Balaban J connectivity index is 2.18. The van der Waals surface area contributed by atoms with E-state index in [4.69, 9.17) is 9.47 Å². The number of carbonyl (C=O) groups excluding carboxylic acids is 2. The third kappa shape index (κ3) is 2.76. The number of ether oxygens (including phenoxy) is 2. The number of rotatable bonds is 4. The van der Waals surface area contributed by atoms with Crippen LogP contribution < -0.4 is 14.8 Å². The third-order valence-corrected chi connectivity index (χ3v) is 3.58. The van der Waals surface area contributed by atoms with Crippen LogP contribution in [0.1, 0.15) is 5.56 Å². The summed E-state index contributed by atoms with van der Waals surface area (Å²) in [6, 6.07) is 5.43. The van der Waals surface area contributed by atoms with Gasteiger partial charge in [-0.3, -0.25) is 14.9 Å². The highest BCUT2D eigenvalue weighted by Gasteiger charge is 2.31. The van der Waals surface area contributed by atoms with Crippen molar-refractivity contribution in [3.63, 3.8) is 0 Å². The molecule has 2 amide bonds. The maximum absolute atomic E-state index is 11.5. The summed E-state index contributed by atoms with van der Waals surface area (Å²) in [5, 5.41) is 1.59. The Bertz CT molecular complexity index is 467. The van der Waals surface area contributed by atoms with Crippen molar-refractivity contribution in [2.45, 2.75) is 11.7 Å². The number of carbonyl (C=O) groups is 2. The van der Waals surface area contributed by atoms with Crippen LogP contribution in [0.2, 0.25) is 0 Å². The van der Waals surface area contributed by atoms with Gasteiger partial charge in [-0.25, -0.2) is 0 Å². The molecular formula is C12H13NO4S. The van der Waals surface area contributed by atoms with Gasteiger partial charge in [0.2, 0.25) is 5.91 Å². The SMILES string of the molecule is COc1cc(CC2SC(=O)NC2=O)cc(OC)c1. The lowest BCUT2D eigenvalue weighted by molar-refractivity contribution is -0.118. The molecule has 0 aliphatic carbocycles. The second-order valence-corrected chi connectivity index (χ2v) is 4.98. The van der Waals surface area contributed by atoms with Crippen molar-refractivity contribution in [3.05, 3.63) is 23.8 Å². The standard InChI is InChI=1S/C12H13NO4S/c1-16-8-3-7(4-9(6-8)17-2)5-10-11(14)13-12(15)18-10/h3-4,6,10H,5H2,1-2H3,(H,13,14,15). The minimum atomic E-state index is -0.380. The van der Waals surface area contributed by atoms with Crippen molar-refractivity contribution in [2.75, 3.05) is 14.2 Å². The van der Waals surface area contributed by atoms with Gasteiger partial charge in [0.1, 0.15) is 11.5 Å². The van der Waals surface area contributed by atoms with Crippen molar-refractivity contribution in [1.29, 1.82) is 0 Å². The van der Waals surface area contributed by atoms with Crippen LogP contribution in [0.3, 0.4) is 0 Å². The molecule has 2 rings (SSSR count). The lowest BCUT2D eigenvalue weighted by Gasteiger charge is -2.10. The Morgan fingerprint density at radius 1 is 1.17 bits per heavy atom. The highest BCUT2D eigenvalue weighted by Crippen LogP contribution is 2.27. The number of imide groups is 1. The molecule has 1 atom stereocenters. The number of hydrogen-bond acceptors (Lipinski definition) is 5. The maximum atomic E-state index is 11.5. The van der Waals surface area contributed by atoms with E-state index in [1.807, 2.05) is 12.1 Å². The van der Waals surface area contributed by atoms with E-state index >= 15 is 0 Å². The van der Waals surface area contributed by atoms with Gasteiger partial charge in [0.15, 0.2) is 0 Å². The highest BCUT2D eigenvalue weighted by molar-refractivity contribution is 8.15. The molecule has 1 heterocycles. The second-order valence-electron chi connectivity index (χ2n) is 3.81. The van der Waals surface area contributed by atoms with Gasteiger partial charge in [0.25, 0.3) is 5.24 Å². The molecule has 1 fully saturated rings. The summed E-state index contributed by atoms with van der Waals surface area (Å²) >= 11 is 1.01. The molecule has 0 bridgehead atoms. The Morgan fingerprint density at radius 2 is 1.78 bits per heavy atom. The number of methoxy groups -OCH3 is 2. The molecular weight excluding hydrogens is 254 g/mol. The van der Waals surface area contributed by atoms with Crippen LogP contribution in [-0.2, 0) is 11.2 Å². The summed E-state index contributed by atoms with van der Waals surface area (Å²) in [5.41, 5.74) is 0.897. The summed E-state index contributed by atoms with van der Waals surface area (Å²) in [6.07, 6.45) is 0.468. The maximum Gasteiger partial charge on any atom is 0.286 e. The van der Waals surface area contributed by atoms with E-state index in [0.717, 1.165) is 17.3 Å². The van der Waals surface area contributed by atoms with Crippen LogP contribution in [0.25, 0.3) is 0 Å². The first-order chi connectivity index (χ1) is 8.62. The van der Waals surface area contributed by atoms with E-state index < -0.39 is 0 Å². The van der Waals surface area contributed by atoms with E-state index in [2.05, 4.69) is 5.32 Å². The molecule has 1 N–H and O–H groups in total. The molecule has 1 aromatic rings. The molecule has 1 aliphatic rings. The van der Waals surface area contributed by atoms with Gasteiger partial charge in [-0.1, -0.05) is 11.8 Å². The van der Waals surface area contributed by atoms with Gasteiger partial charge in [-0.05, 0) is 24.1 Å². The van der Waals surface area contributed by atoms with Crippen molar-refractivity contribution in [2.24, 2.45) is 0 Å². The number of benzene rings is 1. The first-order valence-corrected chi connectivity index (χ1v) is 6.24. The summed E-state index contributed by atoms with van der Waals surface area (Å²) in [4.78, 5) is 22.6. The summed E-state index contributed by atoms with van der Waals surface area (Å²) < 4.78 is 10.3. The zero-order chi connectivity index (χ0) is 13.1. The largest absolute Gasteiger partial charge is 0.497 e. The zero-order valence-corrected chi connectivity index (χ0v) is 10.9. The number of thioether (sulfide) groups is 1. The van der Waals surface area contributed by atoms with Crippen molar-refractivity contribution < 1.29 is 19.1 Å². The Morgan fingerprint density at radius 3 is 2.22 bits per heavy atom. The molecule has 18 heavy (non-hydrogen) atoms. The number of hydrogen-bond donors (Lipinski definition) is 1. The fourth-order valence-corrected chi connectivity index (χ4v) is 2.59. The molecule has 5 nitrogen and oxygen atoms in total. The Kier molecular flexibility index (Phi) is 3.76. The van der Waals surface area contributed by atoms with Gasteiger partial charge in [-0.15, -0.1) is 0 Å². The molecule has 1 aliphatic heterocycles. The molecule has 1 unspecified atom stereocenters. The normalized spacial score (nSPS) is 18.7. The Hall–Kier alpha value is -1.69. The summed E-state index contributed by atoms with van der Waals surface area (Å²) in [5.74, 6) is 1.09. The van der Waals surface area contributed by atoms with Crippen molar-refractivity contribution >= 4 is 22.9 Å². The van der Waals surface area contributed by atoms with Gasteiger partial charge in [0, 0.05) is 6.07 Å². The van der Waals surface area contributed by atoms with Crippen LogP contribution in [0.4, 0.5) is 4.79 Å². The predicted molar refractivity (Wildman–Crippen MR) is 68.2 cm³/mol. The third-order valence-electron chi connectivity index (χ3n) is 2.60. The molecule has 1 saturated heterocycles. The molecule has 96 valence electrons. The highest BCUT2D eigenvalue weighted by atomic mass is 32.2. The average molecular weight is 267 g/mol. The van der Waals surface area contributed by atoms with Gasteiger partial charge in [-0.2, -0.15) is 0 Å². The minimum Gasteiger partial charge on any atom is -0.497 e. The van der Waals surface area contributed by atoms with Crippen LogP contribution in [-0.4, -0.2) is 30.6 Å². The average Bonchev–Trinajstić information content (AvgIpc) is 2.67. The minimum absolute atomic E-state index is 0.244. The van der Waals surface area contributed by atoms with E-state index in [-0.39, 0.29) is 16.4 Å².